The molecule has 1 aliphatic heterocycles. The van der Waals surface area contributed by atoms with E-state index in [0.717, 1.165) is 29.7 Å². The number of carbonyl (C=O) groups is 1. The second kappa shape index (κ2) is 10.1. The van der Waals surface area contributed by atoms with E-state index in [9.17, 15) is 4.79 Å². The number of hydrogen-bond acceptors (Lipinski definition) is 4. The lowest BCUT2D eigenvalue weighted by atomic mass is 10.0. The monoisotopic (exact) mass is 460 g/mol. The number of likely N-dealkylation sites (N-methyl/N-ethyl adjacent to an activating group) is 1. The smallest absolute Gasteiger partial charge is 0.227 e. The van der Waals surface area contributed by atoms with Gasteiger partial charge < -0.3 is 19.3 Å². The Morgan fingerprint density at radius 1 is 1.07 bits per heavy atom. The Morgan fingerprint density at radius 3 is 2.38 bits per heavy atom. The molecule has 1 atom stereocenters. The highest BCUT2D eigenvalue weighted by Crippen LogP contribution is 2.35. The van der Waals surface area contributed by atoms with Crippen molar-refractivity contribution in [1.82, 2.24) is 9.80 Å². The van der Waals surface area contributed by atoms with Crippen LogP contribution in [0.1, 0.15) is 31.0 Å². The number of carbonyl (C=O) groups excluding carboxylic acids is 1. The van der Waals surface area contributed by atoms with Crippen molar-refractivity contribution in [1.29, 1.82) is 0 Å². The molecule has 5 nitrogen and oxygen atoms in total. The summed E-state index contributed by atoms with van der Waals surface area (Å²) in [6.07, 6.45) is 0.320. The fourth-order valence-electron chi connectivity index (χ4n) is 3.69. The van der Waals surface area contributed by atoms with Gasteiger partial charge in [-0.05, 0) is 44.2 Å². The molecule has 0 aromatic heterocycles. The summed E-state index contributed by atoms with van der Waals surface area (Å²) in [6, 6.07) is 14.2. The highest BCUT2D eigenvalue weighted by molar-refractivity contribution is 9.10. The van der Waals surface area contributed by atoms with Gasteiger partial charge in [-0.25, -0.2) is 0 Å². The van der Waals surface area contributed by atoms with Crippen LogP contribution < -0.4 is 9.47 Å². The highest BCUT2D eigenvalue weighted by atomic mass is 79.9. The third kappa shape index (κ3) is 5.31. The molecule has 2 aromatic rings. The molecule has 1 fully saturated rings. The van der Waals surface area contributed by atoms with Gasteiger partial charge in [-0.1, -0.05) is 46.3 Å². The van der Waals surface area contributed by atoms with Crippen LogP contribution in [0.25, 0.3) is 0 Å². The first-order valence-electron chi connectivity index (χ1n) is 10.1. The highest BCUT2D eigenvalue weighted by Gasteiger charge is 2.30. The summed E-state index contributed by atoms with van der Waals surface area (Å²) in [6.45, 7) is 7.43. The van der Waals surface area contributed by atoms with Crippen molar-refractivity contribution in [2.45, 2.75) is 26.3 Å². The van der Waals surface area contributed by atoms with Crippen LogP contribution in [0.2, 0.25) is 0 Å². The number of rotatable bonds is 7. The molecule has 0 saturated carbocycles. The molecule has 2 aromatic carbocycles. The summed E-state index contributed by atoms with van der Waals surface area (Å²) >= 11 is 3.61. The average Bonchev–Trinajstić information content (AvgIpc) is 2.72. The Morgan fingerprint density at radius 2 is 1.72 bits per heavy atom. The maximum Gasteiger partial charge on any atom is 0.227 e. The van der Waals surface area contributed by atoms with E-state index in [1.165, 1.54) is 5.56 Å². The first-order valence-corrected chi connectivity index (χ1v) is 10.9. The van der Waals surface area contributed by atoms with E-state index >= 15 is 0 Å². The SMILES string of the molecule is CCOc1cc(Br)c(CC(=O)N2CCN(C)CC2c2ccccc2)cc1OCC. The summed E-state index contributed by atoms with van der Waals surface area (Å²) in [5.74, 6) is 1.50. The van der Waals surface area contributed by atoms with Crippen LogP contribution in [-0.2, 0) is 11.2 Å². The molecule has 0 aliphatic carbocycles. The quantitative estimate of drug-likeness (QED) is 0.617. The first-order chi connectivity index (χ1) is 14.0. The summed E-state index contributed by atoms with van der Waals surface area (Å²) in [5.41, 5.74) is 2.08. The van der Waals surface area contributed by atoms with E-state index in [-0.39, 0.29) is 11.9 Å². The number of nitrogens with zero attached hydrogens (tertiary/aromatic N) is 2. The zero-order chi connectivity index (χ0) is 20.8. The van der Waals surface area contributed by atoms with Gasteiger partial charge in [-0.2, -0.15) is 0 Å². The molecule has 1 saturated heterocycles. The molecule has 0 N–H and O–H groups in total. The molecule has 0 spiro atoms. The van der Waals surface area contributed by atoms with Crippen molar-refractivity contribution in [3.05, 3.63) is 58.1 Å². The van der Waals surface area contributed by atoms with Crippen LogP contribution in [-0.4, -0.2) is 55.6 Å². The van der Waals surface area contributed by atoms with E-state index in [1.807, 2.05) is 49.1 Å². The van der Waals surface area contributed by atoms with Gasteiger partial charge in [-0.15, -0.1) is 0 Å². The standard InChI is InChI=1S/C23H29BrN2O3/c1-4-28-21-13-18(19(24)15-22(21)29-5-2)14-23(27)26-12-11-25(3)16-20(26)17-9-7-6-8-10-17/h6-10,13,15,20H,4-5,11-12,14,16H2,1-3H3. The molecule has 6 heteroatoms. The molecule has 29 heavy (non-hydrogen) atoms. The van der Waals surface area contributed by atoms with Crippen LogP contribution in [0.15, 0.2) is 46.9 Å². The summed E-state index contributed by atoms with van der Waals surface area (Å²) < 4.78 is 12.3. The van der Waals surface area contributed by atoms with Gasteiger partial charge in [0, 0.05) is 24.1 Å². The van der Waals surface area contributed by atoms with E-state index in [4.69, 9.17) is 9.47 Å². The van der Waals surface area contributed by atoms with Crippen molar-refractivity contribution in [3.63, 3.8) is 0 Å². The lowest BCUT2D eigenvalue weighted by Crippen LogP contribution is -2.49. The third-order valence-corrected chi connectivity index (χ3v) is 5.88. The summed E-state index contributed by atoms with van der Waals surface area (Å²) in [4.78, 5) is 17.6. The largest absolute Gasteiger partial charge is 0.490 e. The maximum absolute atomic E-state index is 13.3. The average molecular weight is 461 g/mol. The number of benzene rings is 2. The Kier molecular flexibility index (Phi) is 7.56. The molecule has 0 radical (unpaired) electrons. The third-order valence-electron chi connectivity index (χ3n) is 5.14. The second-order valence-electron chi connectivity index (χ2n) is 7.21. The molecule has 0 bridgehead atoms. The molecule has 3 rings (SSSR count). The van der Waals surface area contributed by atoms with Crippen LogP contribution >= 0.6 is 15.9 Å². The fourth-order valence-corrected chi connectivity index (χ4v) is 4.15. The fraction of sp³-hybridized carbons (Fsp3) is 0.435. The van der Waals surface area contributed by atoms with Crippen LogP contribution in [0, 0.1) is 0 Å². The Bertz CT molecular complexity index is 828. The summed E-state index contributed by atoms with van der Waals surface area (Å²) in [7, 11) is 2.11. The van der Waals surface area contributed by atoms with Gasteiger partial charge in [0.1, 0.15) is 0 Å². The zero-order valence-corrected chi connectivity index (χ0v) is 18.9. The molecule has 1 heterocycles. The Labute approximate surface area is 181 Å². The zero-order valence-electron chi connectivity index (χ0n) is 17.4. The number of amides is 1. The van der Waals surface area contributed by atoms with Crippen molar-refractivity contribution < 1.29 is 14.3 Å². The lowest BCUT2D eigenvalue weighted by Gasteiger charge is -2.40. The van der Waals surface area contributed by atoms with E-state index < -0.39 is 0 Å². The molecule has 156 valence electrons. The van der Waals surface area contributed by atoms with E-state index in [2.05, 4.69) is 40.0 Å². The minimum atomic E-state index is 0.0651. The Hall–Kier alpha value is -2.05. The number of halogens is 1. The van der Waals surface area contributed by atoms with Gasteiger partial charge in [0.15, 0.2) is 11.5 Å². The minimum Gasteiger partial charge on any atom is -0.490 e. The minimum absolute atomic E-state index is 0.0651. The normalized spacial score (nSPS) is 17.2. The predicted octanol–water partition coefficient (Wildman–Crippen LogP) is 4.30. The van der Waals surface area contributed by atoms with Gasteiger partial charge in [0.2, 0.25) is 5.91 Å². The Balaban J connectivity index is 1.83. The van der Waals surface area contributed by atoms with Gasteiger partial charge in [0.25, 0.3) is 0 Å². The molecule has 1 unspecified atom stereocenters. The predicted molar refractivity (Wildman–Crippen MR) is 119 cm³/mol. The van der Waals surface area contributed by atoms with Crippen molar-refractivity contribution in [2.24, 2.45) is 0 Å². The lowest BCUT2D eigenvalue weighted by molar-refractivity contribution is -0.135. The van der Waals surface area contributed by atoms with Gasteiger partial charge >= 0.3 is 0 Å². The van der Waals surface area contributed by atoms with Crippen molar-refractivity contribution in [2.75, 3.05) is 39.9 Å². The number of ether oxygens (including phenoxy) is 2. The maximum atomic E-state index is 13.3. The van der Waals surface area contributed by atoms with Crippen molar-refractivity contribution >= 4 is 21.8 Å². The van der Waals surface area contributed by atoms with Crippen LogP contribution in [0.5, 0.6) is 11.5 Å². The second-order valence-corrected chi connectivity index (χ2v) is 8.06. The van der Waals surface area contributed by atoms with Gasteiger partial charge in [-0.3, -0.25) is 4.79 Å². The first kappa shape index (κ1) is 21.7. The number of hydrogen-bond donors (Lipinski definition) is 0. The topological polar surface area (TPSA) is 42.0 Å². The molecule has 1 amide bonds. The van der Waals surface area contributed by atoms with E-state index in [1.54, 1.807) is 0 Å². The van der Waals surface area contributed by atoms with Gasteiger partial charge in [0.05, 0.1) is 25.7 Å². The van der Waals surface area contributed by atoms with Crippen molar-refractivity contribution in [3.8, 4) is 11.5 Å². The van der Waals surface area contributed by atoms with Crippen LogP contribution in [0.4, 0.5) is 0 Å². The summed E-state index contributed by atoms with van der Waals surface area (Å²) in [5, 5.41) is 0. The molecular weight excluding hydrogens is 432 g/mol. The molecule has 1 aliphatic rings. The number of piperazine rings is 1. The van der Waals surface area contributed by atoms with Crippen LogP contribution in [0.3, 0.4) is 0 Å². The van der Waals surface area contributed by atoms with E-state index in [0.29, 0.717) is 31.1 Å². The molecular formula is C23H29BrN2O3.